The number of carbonyl (C=O) groups is 2. The quantitative estimate of drug-likeness (QED) is 0.876. The molecular weight excluding hydrogens is 256 g/mol. The van der Waals surface area contributed by atoms with Gasteiger partial charge in [0.15, 0.2) is 6.04 Å². The standard InChI is InChI=1S/C11H10N2O4S/c1-6-5-7(17-13-6)10(14)12-9(11(15)16)8-3-2-4-18-8/h2-5,9H,1H3,(H,12,14)(H,15,16). The summed E-state index contributed by atoms with van der Waals surface area (Å²) in [7, 11) is 0. The Kier molecular flexibility index (Phi) is 3.42. The van der Waals surface area contributed by atoms with Gasteiger partial charge in [-0.15, -0.1) is 11.3 Å². The Morgan fingerprint density at radius 1 is 1.56 bits per heavy atom. The van der Waals surface area contributed by atoms with E-state index in [-0.39, 0.29) is 5.76 Å². The molecule has 0 aromatic carbocycles. The molecule has 18 heavy (non-hydrogen) atoms. The normalized spacial score (nSPS) is 12.1. The molecule has 94 valence electrons. The van der Waals surface area contributed by atoms with Crippen molar-refractivity contribution in [3.8, 4) is 0 Å². The second-order valence-electron chi connectivity index (χ2n) is 3.59. The number of nitrogens with one attached hydrogen (secondary N) is 1. The van der Waals surface area contributed by atoms with Gasteiger partial charge < -0.3 is 14.9 Å². The van der Waals surface area contributed by atoms with Crippen LogP contribution in [0.3, 0.4) is 0 Å². The van der Waals surface area contributed by atoms with E-state index in [2.05, 4.69) is 10.5 Å². The zero-order valence-corrected chi connectivity index (χ0v) is 10.2. The van der Waals surface area contributed by atoms with Crippen LogP contribution in [-0.2, 0) is 4.79 Å². The molecule has 0 spiro atoms. The Morgan fingerprint density at radius 3 is 2.83 bits per heavy atom. The number of hydrogen-bond acceptors (Lipinski definition) is 5. The minimum absolute atomic E-state index is 0.00435. The van der Waals surface area contributed by atoms with Crippen LogP contribution in [0.15, 0.2) is 28.1 Å². The van der Waals surface area contributed by atoms with Crippen LogP contribution in [-0.4, -0.2) is 22.1 Å². The van der Waals surface area contributed by atoms with Gasteiger partial charge in [0, 0.05) is 10.9 Å². The molecule has 1 unspecified atom stereocenters. The number of carbonyl (C=O) groups excluding carboxylic acids is 1. The lowest BCUT2D eigenvalue weighted by Crippen LogP contribution is -2.33. The van der Waals surface area contributed by atoms with Gasteiger partial charge in [0.05, 0.1) is 5.69 Å². The van der Waals surface area contributed by atoms with Crippen LogP contribution >= 0.6 is 11.3 Å². The summed E-state index contributed by atoms with van der Waals surface area (Å²) in [5.74, 6) is -1.73. The minimum atomic E-state index is -1.12. The third-order valence-electron chi connectivity index (χ3n) is 2.20. The molecule has 0 aliphatic heterocycles. The van der Waals surface area contributed by atoms with Crippen LogP contribution in [0.4, 0.5) is 0 Å². The first kappa shape index (κ1) is 12.3. The molecule has 2 heterocycles. The van der Waals surface area contributed by atoms with Crippen LogP contribution in [0.1, 0.15) is 27.2 Å². The molecule has 0 saturated heterocycles. The second kappa shape index (κ2) is 5.01. The molecule has 1 amide bonds. The van der Waals surface area contributed by atoms with Gasteiger partial charge in [-0.1, -0.05) is 11.2 Å². The van der Waals surface area contributed by atoms with Crippen molar-refractivity contribution in [2.45, 2.75) is 13.0 Å². The molecule has 2 aromatic heterocycles. The lowest BCUT2D eigenvalue weighted by atomic mass is 10.2. The van der Waals surface area contributed by atoms with Gasteiger partial charge in [0.25, 0.3) is 5.91 Å². The molecule has 7 heteroatoms. The van der Waals surface area contributed by atoms with Gasteiger partial charge in [-0.25, -0.2) is 4.79 Å². The fourth-order valence-corrected chi connectivity index (χ4v) is 2.15. The Bertz CT molecular complexity index is 561. The maximum atomic E-state index is 11.8. The van der Waals surface area contributed by atoms with Gasteiger partial charge in [-0.05, 0) is 18.4 Å². The highest BCUT2D eigenvalue weighted by Crippen LogP contribution is 2.19. The van der Waals surface area contributed by atoms with E-state index in [0.29, 0.717) is 10.6 Å². The highest BCUT2D eigenvalue weighted by atomic mass is 32.1. The van der Waals surface area contributed by atoms with E-state index in [1.165, 1.54) is 17.4 Å². The third kappa shape index (κ3) is 2.57. The van der Waals surface area contributed by atoms with Gasteiger partial charge in [-0.3, -0.25) is 4.79 Å². The molecule has 0 radical (unpaired) electrons. The monoisotopic (exact) mass is 266 g/mol. The highest BCUT2D eigenvalue weighted by Gasteiger charge is 2.25. The van der Waals surface area contributed by atoms with Gasteiger partial charge in [0.2, 0.25) is 5.76 Å². The van der Waals surface area contributed by atoms with E-state index >= 15 is 0 Å². The Balaban J connectivity index is 2.15. The highest BCUT2D eigenvalue weighted by molar-refractivity contribution is 7.10. The molecule has 0 aliphatic carbocycles. The SMILES string of the molecule is Cc1cc(C(=O)NC(C(=O)O)c2cccs2)on1. The van der Waals surface area contributed by atoms with Crippen LogP contribution in [0, 0.1) is 6.92 Å². The molecule has 1 atom stereocenters. The Labute approximate surface area is 106 Å². The van der Waals surface area contributed by atoms with E-state index in [0.717, 1.165) is 0 Å². The number of carboxylic acid groups (broad SMARTS) is 1. The predicted octanol–water partition coefficient (Wildman–Crippen LogP) is 1.60. The van der Waals surface area contributed by atoms with Crippen molar-refractivity contribution >= 4 is 23.2 Å². The largest absolute Gasteiger partial charge is 0.479 e. The first-order valence-corrected chi connectivity index (χ1v) is 5.96. The smallest absolute Gasteiger partial charge is 0.331 e. The lowest BCUT2D eigenvalue weighted by molar-refractivity contribution is -0.139. The molecule has 6 nitrogen and oxygen atoms in total. The van der Waals surface area contributed by atoms with Gasteiger partial charge in [-0.2, -0.15) is 0 Å². The Hall–Kier alpha value is -2.15. The molecule has 0 saturated carbocycles. The predicted molar refractivity (Wildman–Crippen MR) is 63.4 cm³/mol. The van der Waals surface area contributed by atoms with Crippen LogP contribution in [0.2, 0.25) is 0 Å². The van der Waals surface area contributed by atoms with Gasteiger partial charge in [0.1, 0.15) is 0 Å². The second-order valence-corrected chi connectivity index (χ2v) is 4.57. The number of thiophene rings is 1. The molecule has 0 bridgehead atoms. The van der Waals surface area contributed by atoms with Crippen molar-refractivity contribution in [2.75, 3.05) is 0 Å². The maximum Gasteiger partial charge on any atom is 0.331 e. The fraction of sp³-hybridized carbons (Fsp3) is 0.182. The Morgan fingerprint density at radius 2 is 2.33 bits per heavy atom. The molecular formula is C11H10N2O4S. The summed E-state index contributed by atoms with van der Waals surface area (Å²) in [6, 6.07) is 3.74. The van der Waals surface area contributed by atoms with Crippen LogP contribution in [0.25, 0.3) is 0 Å². The number of nitrogens with zero attached hydrogens (tertiary/aromatic N) is 1. The fourth-order valence-electron chi connectivity index (χ4n) is 1.38. The number of rotatable bonds is 4. The van der Waals surface area contributed by atoms with Crippen LogP contribution < -0.4 is 5.32 Å². The minimum Gasteiger partial charge on any atom is -0.479 e. The van der Waals surface area contributed by atoms with E-state index in [1.807, 2.05) is 0 Å². The first-order chi connectivity index (χ1) is 8.58. The third-order valence-corrected chi connectivity index (χ3v) is 3.14. The van der Waals surface area contributed by atoms with Crippen molar-refractivity contribution in [3.05, 3.63) is 39.9 Å². The van der Waals surface area contributed by atoms with E-state index in [1.54, 1.807) is 24.4 Å². The van der Waals surface area contributed by atoms with Gasteiger partial charge >= 0.3 is 5.97 Å². The lowest BCUT2D eigenvalue weighted by Gasteiger charge is -2.11. The molecule has 2 rings (SSSR count). The van der Waals surface area contributed by atoms with Crippen molar-refractivity contribution in [2.24, 2.45) is 0 Å². The van der Waals surface area contributed by atoms with E-state index in [9.17, 15) is 9.59 Å². The summed E-state index contributed by atoms with van der Waals surface area (Å²) < 4.78 is 4.77. The molecule has 0 fully saturated rings. The van der Waals surface area contributed by atoms with Crippen LogP contribution in [0.5, 0.6) is 0 Å². The first-order valence-electron chi connectivity index (χ1n) is 5.08. The topological polar surface area (TPSA) is 92.4 Å². The zero-order valence-electron chi connectivity index (χ0n) is 9.41. The average Bonchev–Trinajstić information content (AvgIpc) is 2.95. The zero-order chi connectivity index (χ0) is 13.1. The number of aliphatic carboxylic acids is 1. The number of amides is 1. The van der Waals surface area contributed by atoms with Crippen molar-refractivity contribution in [3.63, 3.8) is 0 Å². The number of aromatic nitrogens is 1. The average molecular weight is 266 g/mol. The van der Waals surface area contributed by atoms with E-state index < -0.39 is 17.9 Å². The van der Waals surface area contributed by atoms with Crippen molar-refractivity contribution < 1.29 is 19.2 Å². The molecule has 2 aromatic rings. The summed E-state index contributed by atoms with van der Waals surface area (Å²) >= 11 is 1.26. The number of carboxylic acids is 1. The number of aryl methyl sites for hydroxylation is 1. The summed E-state index contributed by atoms with van der Waals surface area (Å²) in [6.07, 6.45) is 0. The van der Waals surface area contributed by atoms with E-state index in [4.69, 9.17) is 9.63 Å². The summed E-state index contributed by atoms with van der Waals surface area (Å²) in [5.41, 5.74) is 0.558. The summed E-state index contributed by atoms with van der Waals surface area (Å²) in [4.78, 5) is 23.4. The molecule has 0 aliphatic rings. The number of hydrogen-bond donors (Lipinski definition) is 2. The summed E-state index contributed by atoms with van der Waals surface area (Å²) in [6.45, 7) is 1.67. The maximum absolute atomic E-state index is 11.8. The van der Waals surface area contributed by atoms with Crippen molar-refractivity contribution in [1.29, 1.82) is 0 Å². The summed E-state index contributed by atoms with van der Waals surface area (Å²) in [5, 5.41) is 16.8. The van der Waals surface area contributed by atoms with Crippen molar-refractivity contribution in [1.82, 2.24) is 10.5 Å². The molecule has 2 N–H and O–H groups in total.